The number of amides is 1. The molecule has 3 rings (SSSR count). The number of thiophene rings is 1. The maximum Gasteiger partial charge on any atom is 0.341 e. The molecule has 1 aliphatic carbocycles. The summed E-state index contributed by atoms with van der Waals surface area (Å²) >= 11 is 2.86. The van der Waals surface area contributed by atoms with Gasteiger partial charge in [-0.3, -0.25) is 4.79 Å². The highest BCUT2D eigenvalue weighted by molar-refractivity contribution is 7.99. The smallest absolute Gasteiger partial charge is 0.341 e. The van der Waals surface area contributed by atoms with Gasteiger partial charge in [-0.25, -0.2) is 4.79 Å². The Balaban J connectivity index is 1.75. The Kier molecular flexibility index (Phi) is 7.23. The van der Waals surface area contributed by atoms with Crippen LogP contribution in [0.2, 0.25) is 0 Å². The minimum absolute atomic E-state index is 0.166. The van der Waals surface area contributed by atoms with Crippen molar-refractivity contribution in [3.05, 3.63) is 21.8 Å². The van der Waals surface area contributed by atoms with E-state index in [4.69, 9.17) is 4.74 Å². The van der Waals surface area contributed by atoms with Gasteiger partial charge in [0, 0.05) is 16.8 Å². The predicted octanol–water partition coefficient (Wildman–Crippen LogP) is 4.69. The van der Waals surface area contributed by atoms with Gasteiger partial charge in [0.25, 0.3) is 0 Å². The maximum atomic E-state index is 12.7. The topological polar surface area (TPSA) is 86.1 Å². The summed E-state index contributed by atoms with van der Waals surface area (Å²) in [6.45, 7) is 10.5. The minimum Gasteiger partial charge on any atom is -0.465 e. The van der Waals surface area contributed by atoms with Crippen LogP contribution in [0.3, 0.4) is 0 Å². The number of anilines is 1. The summed E-state index contributed by atoms with van der Waals surface area (Å²) in [6.07, 6.45) is 2.82. The number of methoxy groups -OCH3 is 1. The minimum atomic E-state index is -0.383. The van der Waals surface area contributed by atoms with E-state index in [2.05, 4.69) is 54.7 Å². The number of nitrogens with one attached hydrogen (secondary N) is 1. The first-order valence-corrected chi connectivity index (χ1v) is 12.1. The second kappa shape index (κ2) is 9.51. The van der Waals surface area contributed by atoms with Crippen LogP contribution in [0.5, 0.6) is 0 Å². The van der Waals surface area contributed by atoms with E-state index in [9.17, 15) is 9.59 Å². The molecule has 9 heteroatoms. The molecule has 7 nitrogen and oxygen atoms in total. The van der Waals surface area contributed by atoms with E-state index >= 15 is 0 Å². The van der Waals surface area contributed by atoms with Gasteiger partial charge in [0.1, 0.15) is 10.8 Å². The number of thioether (sulfide) groups is 1. The quantitative estimate of drug-likeness (QED) is 0.487. The highest BCUT2D eigenvalue weighted by atomic mass is 32.2. The van der Waals surface area contributed by atoms with Crippen molar-refractivity contribution < 1.29 is 14.3 Å². The summed E-state index contributed by atoms with van der Waals surface area (Å²) in [7, 11) is 1.38. The summed E-state index contributed by atoms with van der Waals surface area (Å²) in [5.74, 6) is 1.40. The van der Waals surface area contributed by atoms with Gasteiger partial charge in [-0.2, -0.15) is 0 Å². The zero-order valence-electron chi connectivity index (χ0n) is 18.4. The molecule has 0 saturated heterocycles. The van der Waals surface area contributed by atoms with Crippen LogP contribution in [0.25, 0.3) is 0 Å². The summed E-state index contributed by atoms with van der Waals surface area (Å²) in [5, 5.41) is 12.9. The van der Waals surface area contributed by atoms with E-state index in [0.29, 0.717) is 16.5 Å². The molecule has 30 heavy (non-hydrogen) atoms. The Morgan fingerprint density at radius 3 is 2.67 bits per heavy atom. The molecule has 0 bridgehead atoms. The largest absolute Gasteiger partial charge is 0.465 e. The standard InChI is InChI=1S/C21H30N4O3S2/c1-11(2)18-23-24-21(25(18)12(3)4)29-10-16(26)22-19-17(20(27)28-6)14-8-7-13(5)9-15(14)30-19/h11-13H,7-10H2,1-6H3,(H,22,26). The zero-order chi connectivity index (χ0) is 22.0. The highest BCUT2D eigenvalue weighted by Crippen LogP contribution is 2.40. The molecular formula is C21H30N4O3S2. The Labute approximate surface area is 186 Å². The molecule has 1 N–H and O–H groups in total. The first-order chi connectivity index (χ1) is 14.2. The van der Waals surface area contributed by atoms with Crippen molar-refractivity contribution in [3.8, 4) is 0 Å². The lowest BCUT2D eigenvalue weighted by Gasteiger charge is -2.18. The molecule has 0 aromatic carbocycles. The lowest BCUT2D eigenvalue weighted by molar-refractivity contribution is -0.113. The molecule has 164 valence electrons. The van der Waals surface area contributed by atoms with Crippen molar-refractivity contribution in [2.75, 3.05) is 18.2 Å². The molecule has 2 aromatic heterocycles. The fourth-order valence-electron chi connectivity index (χ4n) is 3.72. The van der Waals surface area contributed by atoms with Gasteiger partial charge in [-0.15, -0.1) is 21.5 Å². The number of fused-ring (bicyclic) bond motifs is 1. The van der Waals surface area contributed by atoms with E-state index in [0.717, 1.165) is 35.8 Å². The van der Waals surface area contributed by atoms with Crippen LogP contribution in [0, 0.1) is 5.92 Å². The Hall–Kier alpha value is -1.87. The molecule has 0 fully saturated rings. The fraction of sp³-hybridized carbons (Fsp3) is 0.619. The van der Waals surface area contributed by atoms with Crippen molar-refractivity contribution in [1.82, 2.24) is 14.8 Å². The fourth-order valence-corrected chi connectivity index (χ4v) is 6.00. The van der Waals surface area contributed by atoms with Crippen molar-refractivity contribution in [3.63, 3.8) is 0 Å². The number of ether oxygens (including phenoxy) is 1. The third-order valence-electron chi connectivity index (χ3n) is 5.21. The van der Waals surface area contributed by atoms with Crippen LogP contribution < -0.4 is 5.32 Å². The van der Waals surface area contributed by atoms with Gasteiger partial charge in [0.05, 0.1) is 18.4 Å². The van der Waals surface area contributed by atoms with E-state index in [1.807, 2.05) is 0 Å². The Morgan fingerprint density at radius 1 is 1.30 bits per heavy atom. The number of hydrogen-bond donors (Lipinski definition) is 1. The third kappa shape index (κ3) is 4.72. The van der Waals surface area contributed by atoms with E-state index in [-0.39, 0.29) is 29.6 Å². The summed E-state index contributed by atoms with van der Waals surface area (Å²) in [6, 6.07) is 0.208. The van der Waals surface area contributed by atoms with Crippen LogP contribution in [0.4, 0.5) is 5.00 Å². The zero-order valence-corrected chi connectivity index (χ0v) is 20.1. The van der Waals surface area contributed by atoms with Gasteiger partial charge >= 0.3 is 5.97 Å². The normalized spacial score (nSPS) is 16.1. The second-order valence-electron chi connectivity index (χ2n) is 8.34. The Bertz CT molecular complexity index is 933. The van der Waals surface area contributed by atoms with Crippen molar-refractivity contribution in [2.45, 2.75) is 71.0 Å². The number of hydrogen-bond acceptors (Lipinski definition) is 7. The van der Waals surface area contributed by atoms with Crippen LogP contribution in [0.1, 0.15) is 79.6 Å². The van der Waals surface area contributed by atoms with Gasteiger partial charge in [0.2, 0.25) is 5.91 Å². The molecule has 1 unspecified atom stereocenters. The molecule has 0 spiro atoms. The number of rotatable bonds is 7. The van der Waals surface area contributed by atoms with E-state index < -0.39 is 0 Å². The molecule has 0 aliphatic heterocycles. The first-order valence-electron chi connectivity index (χ1n) is 10.3. The highest BCUT2D eigenvalue weighted by Gasteiger charge is 2.29. The summed E-state index contributed by atoms with van der Waals surface area (Å²) in [4.78, 5) is 26.3. The maximum absolute atomic E-state index is 12.7. The first kappa shape index (κ1) is 22.8. The van der Waals surface area contributed by atoms with Gasteiger partial charge < -0.3 is 14.6 Å². The number of esters is 1. The van der Waals surface area contributed by atoms with Crippen LogP contribution in [-0.2, 0) is 22.4 Å². The molecule has 1 aliphatic rings. The lowest BCUT2D eigenvalue weighted by Crippen LogP contribution is -2.17. The van der Waals surface area contributed by atoms with E-state index in [1.165, 1.54) is 35.1 Å². The molecule has 1 amide bonds. The molecule has 2 aromatic rings. The number of nitrogens with zero attached hydrogens (tertiary/aromatic N) is 3. The van der Waals surface area contributed by atoms with Crippen LogP contribution in [0.15, 0.2) is 5.16 Å². The monoisotopic (exact) mass is 450 g/mol. The van der Waals surface area contributed by atoms with Crippen LogP contribution >= 0.6 is 23.1 Å². The summed E-state index contributed by atoms with van der Waals surface area (Å²) in [5.41, 5.74) is 1.56. The molecule has 2 heterocycles. The van der Waals surface area contributed by atoms with Crippen molar-refractivity contribution >= 4 is 40.0 Å². The van der Waals surface area contributed by atoms with Gasteiger partial charge in [0.15, 0.2) is 5.16 Å². The average molecular weight is 451 g/mol. The Morgan fingerprint density at radius 2 is 2.03 bits per heavy atom. The summed E-state index contributed by atoms with van der Waals surface area (Å²) < 4.78 is 7.07. The molecule has 0 saturated carbocycles. The lowest BCUT2D eigenvalue weighted by atomic mass is 9.88. The van der Waals surface area contributed by atoms with Crippen molar-refractivity contribution in [1.29, 1.82) is 0 Å². The SMILES string of the molecule is COC(=O)c1c(NC(=O)CSc2nnc(C(C)C)n2C(C)C)sc2c1CCC(C)C2. The third-order valence-corrected chi connectivity index (χ3v) is 7.32. The second-order valence-corrected chi connectivity index (χ2v) is 10.4. The predicted molar refractivity (Wildman–Crippen MR) is 121 cm³/mol. The molecule has 0 radical (unpaired) electrons. The van der Waals surface area contributed by atoms with Gasteiger partial charge in [-0.1, -0.05) is 32.5 Å². The number of carbonyl (C=O) groups is 2. The van der Waals surface area contributed by atoms with Crippen molar-refractivity contribution in [2.24, 2.45) is 5.92 Å². The number of carbonyl (C=O) groups excluding carboxylic acids is 2. The van der Waals surface area contributed by atoms with E-state index in [1.54, 1.807) is 0 Å². The molecular weight excluding hydrogens is 420 g/mol. The molecule has 1 atom stereocenters. The van der Waals surface area contributed by atoms with Crippen LogP contribution in [-0.4, -0.2) is 39.5 Å². The van der Waals surface area contributed by atoms with Gasteiger partial charge in [-0.05, 0) is 44.6 Å². The average Bonchev–Trinajstić information content (AvgIpc) is 3.26. The number of aromatic nitrogens is 3.